The molecule has 0 saturated carbocycles. The van der Waals surface area contributed by atoms with Crippen molar-refractivity contribution in [2.24, 2.45) is 5.10 Å². The molecule has 24 heavy (non-hydrogen) atoms. The number of nitrogens with one attached hydrogen (secondary N) is 1. The van der Waals surface area contributed by atoms with Crippen molar-refractivity contribution in [1.29, 1.82) is 0 Å². The van der Waals surface area contributed by atoms with Gasteiger partial charge < -0.3 is 4.90 Å². The molecule has 0 radical (unpaired) electrons. The summed E-state index contributed by atoms with van der Waals surface area (Å²) in [5, 5.41) is 7.58. The van der Waals surface area contributed by atoms with Gasteiger partial charge in [-0.15, -0.1) is 0 Å². The highest BCUT2D eigenvalue weighted by Crippen LogP contribution is 2.09. The van der Waals surface area contributed by atoms with Gasteiger partial charge in [0.15, 0.2) is 0 Å². The van der Waals surface area contributed by atoms with Crippen molar-refractivity contribution in [1.82, 2.24) is 5.01 Å². The van der Waals surface area contributed by atoms with Gasteiger partial charge in [0.2, 0.25) is 0 Å². The second-order valence-electron chi connectivity index (χ2n) is 6.20. The minimum absolute atomic E-state index is 0.217. The topological polar surface area (TPSA) is 20.0 Å². The lowest BCUT2D eigenvalue weighted by Gasteiger charge is -2.31. The molecule has 1 saturated heterocycles. The number of benzene rings is 2. The summed E-state index contributed by atoms with van der Waals surface area (Å²) in [5.74, 6) is -0.217. The lowest BCUT2D eigenvalue weighted by atomic mass is 10.1. The zero-order valence-electron chi connectivity index (χ0n) is 13.8. The maximum absolute atomic E-state index is 13.0. The molecule has 1 aliphatic rings. The van der Waals surface area contributed by atoms with E-state index in [9.17, 15) is 4.39 Å². The molecule has 2 aromatic carbocycles. The zero-order valence-corrected chi connectivity index (χ0v) is 14.6. The molecule has 5 heteroatoms. The maximum atomic E-state index is 13.0. The van der Waals surface area contributed by atoms with Crippen LogP contribution in [-0.4, -0.2) is 36.9 Å². The van der Waals surface area contributed by atoms with Crippen LogP contribution < -0.4 is 4.90 Å². The number of hydrogen-bond acceptors (Lipinski definition) is 2. The van der Waals surface area contributed by atoms with Crippen LogP contribution in [-0.2, 0) is 6.54 Å². The predicted molar refractivity (Wildman–Crippen MR) is 96.0 cm³/mol. The quantitative estimate of drug-likeness (QED) is 0.844. The normalized spacial score (nSPS) is 16.5. The first kappa shape index (κ1) is 16.9. The summed E-state index contributed by atoms with van der Waals surface area (Å²) < 4.78 is 13.0. The van der Waals surface area contributed by atoms with Gasteiger partial charge in [0.05, 0.1) is 31.9 Å². The Kier molecular flexibility index (Phi) is 5.48. The lowest BCUT2D eigenvalue weighted by Crippen LogP contribution is -3.13. The minimum atomic E-state index is -0.217. The van der Waals surface area contributed by atoms with E-state index < -0.39 is 0 Å². The van der Waals surface area contributed by atoms with Gasteiger partial charge in [-0.05, 0) is 36.8 Å². The van der Waals surface area contributed by atoms with Crippen molar-refractivity contribution in [2.45, 2.75) is 13.5 Å². The summed E-state index contributed by atoms with van der Waals surface area (Å²) in [5.41, 5.74) is 3.21. The Hall–Kier alpha value is -1.91. The number of hydrogen-bond donors (Lipinski definition) is 1. The monoisotopic (exact) mass is 346 g/mol. The van der Waals surface area contributed by atoms with Gasteiger partial charge in [0.1, 0.15) is 12.4 Å². The summed E-state index contributed by atoms with van der Waals surface area (Å²) in [6, 6.07) is 14.6. The van der Waals surface area contributed by atoms with Crippen LogP contribution in [0, 0.1) is 5.82 Å². The lowest BCUT2D eigenvalue weighted by molar-refractivity contribution is -0.918. The molecule has 2 aromatic rings. The zero-order chi connectivity index (χ0) is 16.9. The Morgan fingerprint density at radius 1 is 1.08 bits per heavy atom. The number of rotatable bonds is 4. The van der Waals surface area contributed by atoms with E-state index in [4.69, 9.17) is 11.6 Å². The molecule has 0 amide bonds. The van der Waals surface area contributed by atoms with Gasteiger partial charge in [-0.25, -0.2) is 4.39 Å². The largest absolute Gasteiger partial charge is 0.328 e. The predicted octanol–water partition coefficient (Wildman–Crippen LogP) is 2.60. The van der Waals surface area contributed by atoms with E-state index in [0.29, 0.717) is 0 Å². The summed E-state index contributed by atoms with van der Waals surface area (Å²) in [4.78, 5) is 1.56. The Balaban J connectivity index is 1.53. The molecule has 3 rings (SSSR count). The van der Waals surface area contributed by atoms with Gasteiger partial charge >= 0.3 is 0 Å². The molecule has 0 aliphatic carbocycles. The number of hydrazone groups is 1. The molecule has 0 bridgehead atoms. The molecule has 1 fully saturated rings. The molecule has 1 aliphatic heterocycles. The van der Waals surface area contributed by atoms with Crippen LogP contribution in [0.25, 0.3) is 0 Å². The average molecular weight is 347 g/mol. The summed E-state index contributed by atoms with van der Waals surface area (Å²) >= 11 is 5.93. The van der Waals surface area contributed by atoms with Gasteiger partial charge in [-0.3, -0.25) is 5.01 Å². The third-order valence-corrected chi connectivity index (χ3v) is 4.62. The van der Waals surface area contributed by atoms with Gasteiger partial charge in [0, 0.05) is 10.6 Å². The molecule has 0 atom stereocenters. The maximum Gasteiger partial charge on any atom is 0.123 e. The molecular weight excluding hydrogens is 325 g/mol. The second-order valence-corrected chi connectivity index (χ2v) is 6.64. The van der Waals surface area contributed by atoms with Crippen molar-refractivity contribution >= 4 is 17.3 Å². The Morgan fingerprint density at radius 2 is 1.71 bits per heavy atom. The Morgan fingerprint density at radius 3 is 2.33 bits per heavy atom. The Bertz CT molecular complexity index is 690. The highest BCUT2D eigenvalue weighted by Gasteiger charge is 2.19. The molecule has 1 heterocycles. The SMILES string of the molecule is C/C(=N\N1CC[NH+](Cc2ccc(Cl)cc2)CC1)c1ccc(F)cc1. The number of halogens is 2. The standard InChI is InChI=1S/C19H21ClFN3/c1-15(17-4-8-19(21)9-5-17)22-24-12-10-23(11-13-24)14-16-2-6-18(20)7-3-16/h2-9H,10-14H2,1H3/p+1/b22-15+. The summed E-state index contributed by atoms with van der Waals surface area (Å²) in [7, 11) is 0. The highest BCUT2D eigenvalue weighted by molar-refractivity contribution is 6.30. The first-order chi connectivity index (χ1) is 11.6. The van der Waals surface area contributed by atoms with Crippen LogP contribution in [0.4, 0.5) is 4.39 Å². The fourth-order valence-electron chi connectivity index (χ4n) is 2.94. The highest BCUT2D eigenvalue weighted by atomic mass is 35.5. The molecular formula is C19H22ClFN3+. The fourth-order valence-corrected chi connectivity index (χ4v) is 3.07. The van der Waals surface area contributed by atoms with E-state index in [1.54, 1.807) is 17.0 Å². The number of nitrogens with zero attached hydrogens (tertiary/aromatic N) is 2. The molecule has 126 valence electrons. The van der Waals surface area contributed by atoms with Crippen LogP contribution in [0.15, 0.2) is 53.6 Å². The average Bonchev–Trinajstić information content (AvgIpc) is 2.59. The third-order valence-electron chi connectivity index (χ3n) is 4.37. The summed E-state index contributed by atoms with van der Waals surface area (Å²) in [6.07, 6.45) is 0. The first-order valence-corrected chi connectivity index (χ1v) is 8.62. The number of quaternary nitrogens is 1. The van der Waals surface area contributed by atoms with Crippen LogP contribution in [0.3, 0.4) is 0 Å². The van der Waals surface area contributed by atoms with E-state index in [-0.39, 0.29) is 5.82 Å². The van der Waals surface area contributed by atoms with Gasteiger partial charge in [0.25, 0.3) is 0 Å². The van der Waals surface area contributed by atoms with Crippen molar-refractivity contribution in [3.63, 3.8) is 0 Å². The molecule has 3 nitrogen and oxygen atoms in total. The molecule has 0 aromatic heterocycles. The van der Waals surface area contributed by atoms with E-state index >= 15 is 0 Å². The van der Waals surface area contributed by atoms with Crippen LogP contribution in [0.5, 0.6) is 0 Å². The van der Waals surface area contributed by atoms with E-state index in [2.05, 4.69) is 22.2 Å². The minimum Gasteiger partial charge on any atom is -0.328 e. The third kappa shape index (κ3) is 4.56. The van der Waals surface area contributed by atoms with E-state index in [1.165, 1.54) is 17.7 Å². The molecule has 1 N–H and O–H groups in total. The van der Waals surface area contributed by atoms with Gasteiger partial charge in [-0.2, -0.15) is 5.10 Å². The second kappa shape index (κ2) is 7.77. The van der Waals surface area contributed by atoms with Crippen LogP contribution in [0.1, 0.15) is 18.1 Å². The van der Waals surface area contributed by atoms with Crippen LogP contribution >= 0.6 is 11.6 Å². The van der Waals surface area contributed by atoms with Crippen molar-refractivity contribution in [3.8, 4) is 0 Å². The van der Waals surface area contributed by atoms with Crippen molar-refractivity contribution < 1.29 is 9.29 Å². The first-order valence-electron chi connectivity index (χ1n) is 8.24. The van der Waals surface area contributed by atoms with Crippen LogP contribution in [0.2, 0.25) is 5.02 Å². The molecule has 0 spiro atoms. The molecule has 0 unspecified atom stereocenters. The van der Waals surface area contributed by atoms with Crippen molar-refractivity contribution in [3.05, 3.63) is 70.5 Å². The summed E-state index contributed by atoms with van der Waals surface area (Å²) in [6.45, 7) is 6.97. The fraction of sp³-hybridized carbons (Fsp3) is 0.316. The number of piperazine rings is 1. The van der Waals surface area contributed by atoms with Crippen molar-refractivity contribution in [2.75, 3.05) is 26.2 Å². The Labute approximate surface area is 147 Å². The smallest absolute Gasteiger partial charge is 0.123 e. The van der Waals surface area contributed by atoms with E-state index in [1.807, 2.05) is 19.1 Å². The van der Waals surface area contributed by atoms with Gasteiger partial charge in [-0.1, -0.05) is 35.9 Å². The van der Waals surface area contributed by atoms with E-state index in [0.717, 1.165) is 49.0 Å².